The van der Waals surface area contributed by atoms with Gasteiger partial charge in [-0.2, -0.15) is 0 Å². The van der Waals surface area contributed by atoms with Gasteiger partial charge in [0.25, 0.3) is 0 Å². The van der Waals surface area contributed by atoms with Crippen LogP contribution in [-0.4, -0.2) is 36.1 Å². The first-order valence-corrected chi connectivity index (χ1v) is 6.37. The SMILES string of the molecule is C=CCC[C@H](c1cccnc1)N1CCNCC1. The zero-order valence-electron chi connectivity index (χ0n) is 10.3. The molecule has 0 radical (unpaired) electrons. The molecule has 0 aromatic carbocycles. The monoisotopic (exact) mass is 231 g/mol. The van der Waals surface area contributed by atoms with E-state index in [1.807, 2.05) is 24.5 Å². The molecular formula is C14H21N3. The molecule has 0 bridgehead atoms. The Kier molecular flexibility index (Phi) is 4.71. The molecule has 17 heavy (non-hydrogen) atoms. The van der Waals surface area contributed by atoms with Gasteiger partial charge in [-0.1, -0.05) is 12.1 Å². The molecule has 3 heteroatoms. The van der Waals surface area contributed by atoms with Crippen molar-refractivity contribution in [1.29, 1.82) is 0 Å². The Hall–Kier alpha value is -1.19. The van der Waals surface area contributed by atoms with Crippen LogP contribution >= 0.6 is 0 Å². The number of hydrogen-bond acceptors (Lipinski definition) is 3. The van der Waals surface area contributed by atoms with Crippen molar-refractivity contribution in [1.82, 2.24) is 15.2 Å². The molecule has 2 rings (SSSR count). The Morgan fingerprint density at radius 1 is 1.47 bits per heavy atom. The summed E-state index contributed by atoms with van der Waals surface area (Å²) in [5.74, 6) is 0. The Morgan fingerprint density at radius 2 is 2.29 bits per heavy atom. The van der Waals surface area contributed by atoms with E-state index in [4.69, 9.17) is 0 Å². The molecule has 92 valence electrons. The van der Waals surface area contributed by atoms with Crippen molar-refractivity contribution in [3.63, 3.8) is 0 Å². The van der Waals surface area contributed by atoms with Gasteiger partial charge in [-0.15, -0.1) is 6.58 Å². The lowest BCUT2D eigenvalue weighted by atomic mass is 10.0. The van der Waals surface area contributed by atoms with E-state index < -0.39 is 0 Å². The van der Waals surface area contributed by atoms with Crippen LogP contribution < -0.4 is 5.32 Å². The maximum atomic E-state index is 4.24. The minimum atomic E-state index is 0.490. The molecule has 1 aliphatic heterocycles. The standard InChI is InChI=1S/C14H21N3/c1-2-3-6-14(13-5-4-7-16-12-13)17-10-8-15-9-11-17/h2,4-5,7,12,14-15H,1,3,6,8-11H2/t14-/m1/s1. The Labute approximate surface area is 104 Å². The van der Waals surface area contributed by atoms with Gasteiger partial charge in [0, 0.05) is 44.6 Å². The molecule has 1 fully saturated rings. The molecular weight excluding hydrogens is 210 g/mol. The third-order valence-corrected chi connectivity index (χ3v) is 3.31. The second-order valence-electron chi connectivity index (χ2n) is 4.45. The summed E-state index contributed by atoms with van der Waals surface area (Å²) < 4.78 is 0. The van der Waals surface area contributed by atoms with Gasteiger partial charge < -0.3 is 5.32 Å². The number of pyridine rings is 1. The Bertz CT molecular complexity index is 331. The second kappa shape index (κ2) is 6.52. The summed E-state index contributed by atoms with van der Waals surface area (Å²) in [4.78, 5) is 6.79. The summed E-state index contributed by atoms with van der Waals surface area (Å²) in [6.45, 7) is 8.24. The molecule has 1 aromatic rings. The average Bonchev–Trinajstić information content (AvgIpc) is 2.42. The van der Waals surface area contributed by atoms with E-state index in [0.29, 0.717) is 6.04 Å². The smallest absolute Gasteiger partial charge is 0.0367 e. The zero-order chi connectivity index (χ0) is 11.9. The third-order valence-electron chi connectivity index (χ3n) is 3.31. The normalized spacial score (nSPS) is 18.8. The van der Waals surface area contributed by atoms with E-state index in [1.54, 1.807) is 0 Å². The molecule has 0 aliphatic carbocycles. The lowest BCUT2D eigenvalue weighted by Crippen LogP contribution is -2.45. The predicted octanol–water partition coefficient (Wildman–Crippen LogP) is 1.99. The number of piperazine rings is 1. The molecule has 3 nitrogen and oxygen atoms in total. The second-order valence-corrected chi connectivity index (χ2v) is 4.45. The topological polar surface area (TPSA) is 28.2 Å². The predicted molar refractivity (Wildman–Crippen MR) is 70.9 cm³/mol. The number of nitrogens with zero attached hydrogens (tertiary/aromatic N) is 2. The summed E-state index contributed by atoms with van der Waals surface area (Å²) in [5, 5.41) is 3.40. The largest absolute Gasteiger partial charge is 0.314 e. The van der Waals surface area contributed by atoms with Crippen LogP contribution in [0.5, 0.6) is 0 Å². The van der Waals surface area contributed by atoms with Crippen LogP contribution in [0.2, 0.25) is 0 Å². The van der Waals surface area contributed by atoms with Gasteiger partial charge >= 0.3 is 0 Å². The quantitative estimate of drug-likeness (QED) is 0.786. The van der Waals surface area contributed by atoms with Crippen molar-refractivity contribution < 1.29 is 0 Å². The summed E-state index contributed by atoms with van der Waals surface area (Å²) in [5.41, 5.74) is 1.33. The molecule has 0 amide bonds. The van der Waals surface area contributed by atoms with Gasteiger partial charge in [0.2, 0.25) is 0 Å². The molecule has 1 N–H and O–H groups in total. The summed E-state index contributed by atoms with van der Waals surface area (Å²) in [6, 6.07) is 4.70. The lowest BCUT2D eigenvalue weighted by Gasteiger charge is -2.35. The first-order valence-electron chi connectivity index (χ1n) is 6.37. The maximum Gasteiger partial charge on any atom is 0.0367 e. The van der Waals surface area contributed by atoms with Crippen LogP contribution in [0.25, 0.3) is 0 Å². The molecule has 0 spiro atoms. The van der Waals surface area contributed by atoms with Crippen molar-refractivity contribution in [2.24, 2.45) is 0 Å². The highest BCUT2D eigenvalue weighted by Crippen LogP contribution is 2.25. The lowest BCUT2D eigenvalue weighted by molar-refractivity contribution is 0.166. The van der Waals surface area contributed by atoms with Crippen molar-refractivity contribution in [2.75, 3.05) is 26.2 Å². The van der Waals surface area contributed by atoms with Crippen LogP contribution in [-0.2, 0) is 0 Å². The minimum absolute atomic E-state index is 0.490. The zero-order valence-corrected chi connectivity index (χ0v) is 10.3. The number of rotatable bonds is 5. The molecule has 2 heterocycles. The van der Waals surface area contributed by atoms with Crippen LogP contribution in [0.15, 0.2) is 37.2 Å². The first kappa shape index (κ1) is 12.3. The molecule has 1 aromatic heterocycles. The number of aromatic nitrogens is 1. The van der Waals surface area contributed by atoms with Gasteiger partial charge in [-0.3, -0.25) is 9.88 Å². The fraction of sp³-hybridized carbons (Fsp3) is 0.500. The van der Waals surface area contributed by atoms with Gasteiger partial charge in [0.1, 0.15) is 0 Å². The van der Waals surface area contributed by atoms with Gasteiger partial charge in [0.15, 0.2) is 0 Å². The van der Waals surface area contributed by atoms with Gasteiger partial charge in [0.05, 0.1) is 0 Å². The van der Waals surface area contributed by atoms with Crippen LogP contribution in [0.4, 0.5) is 0 Å². The fourth-order valence-corrected chi connectivity index (χ4v) is 2.40. The van der Waals surface area contributed by atoms with E-state index in [2.05, 4.69) is 27.8 Å². The van der Waals surface area contributed by atoms with E-state index in [9.17, 15) is 0 Å². The van der Waals surface area contributed by atoms with Gasteiger partial charge in [-0.25, -0.2) is 0 Å². The number of allylic oxidation sites excluding steroid dienone is 1. The molecule has 1 atom stereocenters. The van der Waals surface area contributed by atoms with Crippen molar-refractivity contribution in [3.8, 4) is 0 Å². The highest BCUT2D eigenvalue weighted by molar-refractivity contribution is 5.14. The molecule has 0 unspecified atom stereocenters. The van der Waals surface area contributed by atoms with Crippen LogP contribution in [0, 0.1) is 0 Å². The van der Waals surface area contributed by atoms with E-state index in [0.717, 1.165) is 39.0 Å². The minimum Gasteiger partial charge on any atom is -0.314 e. The van der Waals surface area contributed by atoms with Gasteiger partial charge in [-0.05, 0) is 24.5 Å². The van der Waals surface area contributed by atoms with E-state index in [1.165, 1.54) is 5.56 Å². The highest BCUT2D eigenvalue weighted by Gasteiger charge is 2.21. The first-order chi connectivity index (χ1) is 8.42. The van der Waals surface area contributed by atoms with Crippen molar-refractivity contribution in [2.45, 2.75) is 18.9 Å². The van der Waals surface area contributed by atoms with E-state index >= 15 is 0 Å². The molecule has 1 saturated heterocycles. The van der Waals surface area contributed by atoms with Crippen molar-refractivity contribution in [3.05, 3.63) is 42.7 Å². The fourth-order valence-electron chi connectivity index (χ4n) is 2.40. The van der Waals surface area contributed by atoms with Crippen molar-refractivity contribution >= 4 is 0 Å². The highest BCUT2D eigenvalue weighted by atomic mass is 15.2. The van der Waals surface area contributed by atoms with Crippen LogP contribution in [0.3, 0.4) is 0 Å². The Balaban J connectivity index is 2.09. The Morgan fingerprint density at radius 3 is 2.94 bits per heavy atom. The number of hydrogen-bond donors (Lipinski definition) is 1. The third kappa shape index (κ3) is 3.38. The molecule has 1 aliphatic rings. The van der Waals surface area contributed by atoms with E-state index in [-0.39, 0.29) is 0 Å². The maximum absolute atomic E-state index is 4.24. The summed E-state index contributed by atoms with van der Waals surface area (Å²) >= 11 is 0. The summed E-state index contributed by atoms with van der Waals surface area (Å²) in [6.07, 6.45) is 8.03. The molecule has 0 saturated carbocycles. The summed E-state index contributed by atoms with van der Waals surface area (Å²) in [7, 11) is 0. The average molecular weight is 231 g/mol. The van der Waals surface area contributed by atoms with Crippen LogP contribution in [0.1, 0.15) is 24.4 Å². The number of nitrogens with one attached hydrogen (secondary N) is 1.